The molecular weight excluding hydrogens is 291 g/mol. The second-order valence-corrected chi connectivity index (χ2v) is 4.80. The van der Waals surface area contributed by atoms with E-state index in [4.69, 9.17) is 11.6 Å². The van der Waals surface area contributed by atoms with Crippen molar-refractivity contribution in [3.63, 3.8) is 0 Å². The van der Waals surface area contributed by atoms with Crippen molar-refractivity contribution in [2.45, 2.75) is 0 Å². The second-order valence-electron chi connectivity index (χ2n) is 2.98. The molecule has 0 saturated heterocycles. The largest absolute Gasteiger partial charge is 0.506 e. The average Bonchev–Trinajstić information content (AvgIpc) is 2.24. The Morgan fingerprint density at radius 2 is 2.11 bits per heavy atom. The highest BCUT2D eigenvalue weighted by molar-refractivity contribution is 7.91. The molecule has 1 amide bonds. The molecule has 7 nitrogen and oxygen atoms in total. The molecule has 0 saturated carbocycles. The molecule has 1 rings (SSSR count). The van der Waals surface area contributed by atoms with Crippen molar-refractivity contribution in [3.8, 4) is 5.75 Å². The van der Waals surface area contributed by atoms with Crippen LogP contribution < -0.4 is 9.44 Å². The summed E-state index contributed by atoms with van der Waals surface area (Å²) in [5.41, 5.74) is -0.391. The van der Waals surface area contributed by atoms with E-state index in [0.717, 1.165) is 13.2 Å². The van der Waals surface area contributed by atoms with E-state index in [2.05, 4.69) is 4.74 Å². The lowest BCUT2D eigenvalue weighted by Crippen LogP contribution is -2.35. The third kappa shape index (κ3) is 3.64. The number of hydrogen-bond donors (Lipinski definition) is 3. The standard InChI is InChI=1S/C8H8ClFN2O5S/c1-17-8(14)12-18(15,16)11-6-2-4(9)5(10)3-7(6)13/h2-3,11,13H,1H3,(H,12,14). The number of phenolic OH excluding ortho intramolecular Hbond substituents is 1. The zero-order chi connectivity index (χ0) is 13.9. The molecule has 0 fully saturated rings. The summed E-state index contributed by atoms with van der Waals surface area (Å²) < 4.78 is 42.9. The van der Waals surface area contributed by atoms with Gasteiger partial charge in [-0.3, -0.25) is 4.72 Å². The lowest BCUT2D eigenvalue weighted by Gasteiger charge is -2.10. The molecule has 0 radical (unpaired) electrons. The lowest BCUT2D eigenvalue weighted by atomic mass is 10.3. The fourth-order valence-electron chi connectivity index (χ4n) is 0.940. The van der Waals surface area contributed by atoms with Gasteiger partial charge in [0.05, 0.1) is 17.8 Å². The first kappa shape index (κ1) is 14.3. The fraction of sp³-hybridized carbons (Fsp3) is 0.125. The molecule has 1 aromatic rings. The molecule has 0 aromatic heterocycles. The van der Waals surface area contributed by atoms with E-state index in [1.807, 2.05) is 0 Å². The fourth-order valence-corrected chi connectivity index (χ4v) is 1.91. The summed E-state index contributed by atoms with van der Waals surface area (Å²) in [6.45, 7) is 0. The summed E-state index contributed by atoms with van der Waals surface area (Å²) in [4.78, 5) is 10.7. The summed E-state index contributed by atoms with van der Waals surface area (Å²) in [6, 6.07) is 1.47. The van der Waals surface area contributed by atoms with E-state index in [1.165, 1.54) is 4.72 Å². The Hall–Kier alpha value is -1.74. The average molecular weight is 299 g/mol. The maximum absolute atomic E-state index is 12.9. The van der Waals surface area contributed by atoms with Crippen LogP contribution in [0.3, 0.4) is 0 Å². The SMILES string of the molecule is COC(=O)NS(=O)(=O)Nc1cc(Cl)c(F)cc1O. The second kappa shape index (κ2) is 5.27. The zero-order valence-electron chi connectivity index (χ0n) is 8.90. The highest BCUT2D eigenvalue weighted by Crippen LogP contribution is 2.29. The minimum Gasteiger partial charge on any atom is -0.506 e. The minimum atomic E-state index is -4.31. The van der Waals surface area contributed by atoms with Crippen molar-refractivity contribution >= 4 is 33.6 Å². The van der Waals surface area contributed by atoms with Crippen LogP contribution in [0.25, 0.3) is 0 Å². The third-order valence-electron chi connectivity index (χ3n) is 1.69. The molecule has 3 N–H and O–H groups in total. The number of carbonyl (C=O) groups is 1. The van der Waals surface area contributed by atoms with E-state index >= 15 is 0 Å². The highest BCUT2D eigenvalue weighted by Gasteiger charge is 2.17. The number of rotatable bonds is 3. The first-order valence-corrected chi connectivity index (χ1v) is 6.18. The number of hydrogen-bond acceptors (Lipinski definition) is 5. The van der Waals surface area contributed by atoms with Crippen molar-refractivity contribution in [3.05, 3.63) is 23.0 Å². The van der Waals surface area contributed by atoms with Gasteiger partial charge in [0.25, 0.3) is 0 Å². The Morgan fingerprint density at radius 3 is 2.67 bits per heavy atom. The zero-order valence-corrected chi connectivity index (χ0v) is 10.5. The molecule has 0 unspecified atom stereocenters. The molecule has 0 aliphatic heterocycles. The van der Waals surface area contributed by atoms with Crippen molar-refractivity contribution in [1.82, 2.24) is 4.72 Å². The maximum Gasteiger partial charge on any atom is 0.422 e. The molecule has 0 aliphatic rings. The molecule has 0 atom stereocenters. The number of halogens is 2. The van der Waals surface area contributed by atoms with Gasteiger partial charge in [0.1, 0.15) is 11.6 Å². The van der Waals surface area contributed by atoms with Crippen molar-refractivity contribution < 1.29 is 27.4 Å². The number of anilines is 1. The summed E-state index contributed by atoms with van der Waals surface area (Å²) in [5, 5.41) is 8.90. The predicted molar refractivity (Wildman–Crippen MR) is 61.2 cm³/mol. The summed E-state index contributed by atoms with van der Waals surface area (Å²) in [5.74, 6) is -1.61. The number of nitrogens with one attached hydrogen (secondary N) is 2. The Kier molecular flexibility index (Phi) is 4.19. The van der Waals surface area contributed by atoms with Gasteiger partial charge in [0, 0.05) is 6.07 Å². The van der Waals surface area contributed by atoms with Crippen LogP contribution in [0.15, 0.2) is 12.1 Å². The number of phenols is 1. The van der Waals surface area contributed by atoms with Crippen molar-refractivity contribution in [1.29, 1.82) is 0 Å². The van der Waals surface area contributed by atoms with E-state index in [1.54, 1.807) is 4.72 Å². The van der Waals surface area contributed by atoms with Gasteiger partial charge in [-0.25, -0.2) is 13.9 Å². The molecule has 1 aromatic carbocycles. The topological polar surface area (TPSA) is 105 Å². The number of amides is 1. The van der Waals surface area contributed by atoms with Crippen LogP contribution in [0.1, 0.15) is 0 Å². The van der Waals surface area contributed by atoms with Gasteiger partial charge in [-0.15, -0.1) is 0 Å². The van der Waals surface area contributed by atoms with Crippen LogP contribution in [0.5, 0.6) is 5.75 Å². The molecule has 0 heterocycles. The van der Waals surface area contributed by atoms with Gasteiger partial charge < -0.3 is 9.84 Å². The normalized spacial score (nSPS) is 10.8. The Morgan fingerprint density at radius 1 is 1.50 bits per heavy atom. The Balaban J connectivity index is 2.98. The van der Waals surface area contributed by atoms with Crippen LogP contribution in [0, 0.1) is 5.82 Å². The van der Waals surface area contributed by atoms with Gasteiger partial charge in [-0.05, 0) is 6.07 Å². The summed E-state index contributed by atoms with van der Waals surface area (Å²) in [6.07, 6.45) is -1.23. The van der Waals surface area contributed by atoms with E-state index in [-0.39, 0.29) is 0 Å². The summed E-state index contributed by atoms with van der Waals surface area (Å²) >= 11 is 5.41. The number of carbonyl (C=O) groups excluding carboxylic acids is 1. The Bertz CT molecular complexity index is 577. The first-order chi connectivity index (χ1) is 8.25. The molecule has 18 heavy (non-hydrogen) atoms. The first-order valence-electron chi connectivity index (χ1n) is 4.31. The Labute approximate surface area is 107 Å². The quantitative estimate of drug-likeness (QED) is 0.727. The maximum atomic E-state index is 12.9. The minimum absolute atomic E-state index is 0.391. The van der Waals surface area contributed by atoms with Gasteiger partial charge in [0.2, 0.25) is 0 Å². The molecule has 100 valence electrons. The monoisotopic (exact) mass is 298 g/mol. The number of aromatic hydroxyl groups is 1. The number of benzene rings is 1. The van der Waals surface area contributed by atoms with Crippen LogP contribution in [-0.4, -0.2) is 26.7 Å². The van der Waals surface area contributed by atoms with E-state index < -0.39 is 38.6 Å². The van der Waals surface area contributed by atoms with Gasteiger partial charge in [0.15, 0.2) is 0 Å². The van der Waals surface area contributed by atoms with E-state index in [0.29, 0.717) is 6.07 Å². The highest BCUT2D eigenvalue weighted by atomic mass is 35.5. The van der Waals surface area contributed by atoms with Gasteiger partial charge in [-0.2, -0.15) is 8.42 Å². The summed E-state index contributed by atoms with van der Waals surface area (Å²) in [7, 11) is -3.34. The predicted octanol–water partition coefficient (Wildman–Crippen LogP) is 1.20. The number of ether oxygens (including phenoxy) is 1. The molecule has 0 bridgehead atoms. The van der Waals surface area contributed by atoms with Gasteiger partial charge >= 0.3 is 16.3 Å². The lowest BCUT2D eigenvalue weighted by molar-refractivity contribution is 0.177. The van der Waals surface area contributed by atoms with E-state index in [9.17, 15) is 22.7 Å². The number of methoxy groups -OCH3 is 1. The molecular formula is C8H8ClFN2O5S. The molecule has 0 aliphatic carbocycles. The molecule has 0 spiro atoms. The third-order valence-corrected chi connectivity index (χ3v) is 2.90. The van der Waals surface area contributed by atoms with Crippen LogP contribution in [-0.2, 0) is 14.9 Å². The van der Waals surface area contributed by atoms with Crippen LogP contribution in [0.4, 0.5) is 14.9 Å². The molecule has 10 heteroatoms. The van der Waals surface area contributed by atoms with Crippen LogP contribution in [0.2, 0.25) is 5.02 Å². The smallest absolute Gasteiger partial charge is 0.422 e. The van der Waals surface area contributed by atoms with Gasteiger partial charge in [-0.1, -0.05) is 11.6 Å². The van der Waals surface area contributed by atoms with Crippen molar-refractivity contribution in [2.75, 3.05) is 11.8 Å². The van der Waals surface area contributed by atoms with Crippen LogP contribution >= 0.6 is 11.6 Å². The van der Waals surface area contributed by atoms with Crippen molar-refractivity contribution in [2.24, 2.45) is 0 Å².